The molecule has 1 aliphatic heterocycles. The number of hydrogen-bond acceptors (Lipinski definition) is 4. The van der Waals surface area contributed by atoms with Crippen molar-refractivity contribution >= 4 is 22.7 Å². The van der Waals surface area contributed by atoms with Crippen LogP contribution in [-0.2, 0) is 19.6 Å². The average molecular weight is 333 g/mol. The molecule has 0 unspecified atom stereocenters. The third-order valence-electron chi connectivity index (χ3n) is 4.70. The Morgan fingerprint density at radius 1 is 1.09 bits per heavy atom. The van der Waals surface area contributed by atoms with Crippen molar-refractivity contribution in [2.45, 2.75) is 51.4 Å². The molecule has 1 saturated carbocycles. The Balaban J connectivity index is 1.37. The molecule has 0 N–H and O–H groups in total. The average Bonchev–Trinajstić information content (AvgIpc) is 2.95. The van der Waals surface area contributed by atoms with Crippen molar-refractivity contribution in [3.63, 3.8) is 0 Å². The molecule has 1 saturated heterocycles. The maximum Gasteiger partial charge on any atom is 0.0334 e. The van der Waals surface area contributed by atoms with Gasteiger partial charge >= 0.3 is 0 Å². The van der Waals surface area contributed by atoms with Crippen LogP contribution in [0.25, 0.3) is 0 Å². The van der Waals surface area contributed by atoms with Gasteiger partial charge in [-0.1, -0.05) is 0 Å². The molecule has 2 aromatic rings. The van der Waals surface area contributed by atoms with Gasteiger partial charge in [0.1, 0.15) is 0 Å². The van der Waals surface area contributed by atoms with Crippen LogP contribution in [-0.4, -0.2) is 28.9 Å². The van der Waals surface area contributed by atoms with E-state index in [2.05, 4.69) is 38.1 Å². The molecule has 0 atom stereocenters. The molecular weight excluding hydrogens is 308 g/mol. The third-order valence-corrected chi connectivity index (χ3v) is 6.40. The third kappa shape index (κ3) is 3.80. The molecule has 2 aliphatic rings. The largest absolute Gasteiger partial charge is 0.299 e. The quantitative estimate of drug-likeness (QED) is 0.733. The number of thiophene rings is 2. The van der Waals surface area contributed by atoms with Gasteiger partial charge in [-0.3, -0.25) is 9.80 Å². The van der Waals surface area contributed by atoms with Gasteiger partial charge in [0, 0.05) is 30.6 Å². The van der Waals surface area contributed by atoms with Gasteiger partial charge in [0.25, 0.3) is 0 Å². The molecule has 22 heavy (non-hydrogen) atoms. The van der Waals surface area contributed by atoms with Crippen molar-refractivity contribution < 1.29 is 0 Å². The molecule has 0 aromatic carbocycles. The number of likely N-dealkylation sites (tertiary alicyclic amines) is 1. The minimum Gasteiger partial charge on any atom is -0.299 e. The van der Waals surface area contributed by atoms with E-state index in [1.165, 1.54) is 54.8 Å². The van der Waals surface area contributed by atoms with E-state index in [1.807, 2.05) is 22.7 Å². The van der Waals surface area contributed by atoms with Gasteiger partial charge in [-0.15, -0.1) is 11.3 Å². The van der Waals surface area contributed by atoms with Crippen LogP contribution in [0.2, 0.25) is 0 Å². The van der Waals surface area contributed by atoms with E-state index in [4.69, 9.17) is 0 Å². The maximum atomic E-state index is 2.67. The second kappa shape index (κ2) is 6.83. The minimum absolute atomic E-state index is 0.823. The second-order valence-electron chi connectivity index (χ2n) is 6.67. The molecule has 3 heterocycles. The van der Waals surface area contributed by atoms with Crippen LogP contribution in [0.15, 0.2) is 28.3 Å². The normalized spacial score (nSPS) is 19.3. The fourth-order valence-electron chi connectivity index (χ4n) is 3.36. The van der Waals surface area contributed by atoms with Crippen molar-refractivity contribution in [2.75, 3.05) is 13.1 Å². The minimum atomic E-state index is 0.823. The molecule has 0 amide bonds. The predicted octanol–water partition coefficient (Wildman–Crippen LogP) is 4.57. The first kappa shape index (κ1) is 14.9. The molecule has 2 aromatic heterocycles. The molecule has 1 aliphatic carbocycles. The smallest absolute Gasteiger partial charge is 0.0334 e. The van der Waals surface area contributed by atoms with Crippen LogP contribution >= 0.6 is 22.7 Å². The number of hydrogen-bond donors (Lipinski definition) is 0. The Bertz CT molecular complexity index is 580. The van der Waals surface area contributed by atoms with E-state index >= 15 is 0 Å². The van der Waals surface area contributed by atoms with Gasteiger partial charge in [-0.05, 0) is 78.2 Å². The molecule has 0 radical (unpaired) electrons. The van der Waals surface area contributed by atoms with Gasteiger partial charge in [0.15, 0.2) is 0 Å². The summed E-state index contributed by atoms with van der Waals surface area (Å²) in [6.45, 7) is 5.98. The predicted molar refractivity (Wildman–Crippen MR) is 95.4 cm³/mol. The molecular formula is C18H24N2S2. The monoisotopic (exact) mass is 332 g/mol. The first-order chi connectivity index (χ1) is 10.9. The van der Waals surface area contributed by atoms with Crippen molar-refractivity contribution in [1.82, 2.24) is 9.80 Å². The van der Waals surface area contributed by atoms with Crippen LogP contribution in [0.1, 0.15) is 41.7 Å². The van der Waals surface area contributed by atoms with Crippen molar-refractivity contribution in [1.29, 1.82) is 0 Å². The van der Waals surface area contributed by atoms with E-state index in [0.717, 1.165) is 25.7 Å². The zero-order chi connectivity index (χ0) is 14.8. The highest BCUT2D eigenvalue weighted by Gasteiger charge is 2.29. The molecule has 2 nitrogen and oxygen atoms in total. The maximum absolute atomic E-state index is 2.67. The van der Waals surface area contributed by atoms with E-state index in [-0.39, 0.29) is 0 Å². The summed E-state index contributed by atoms with van der Waals surface area (Å²) in [5, 5.41) is 6.87. The zero-order valence-electron chi connectivity index (χ0n) is 13.0. The lowest BCUT2D eigenvalue weighted by Crippen LogP contribution is -2.24. The Kier molecular flexibility index (Phi) is 4.62. The summed E-state index contributed by atoms with van der Waals surface area (Å²) in [6.07, 6.45) is 5.53. The highest BCUT2D eigenvalue weighted by atomic mass is 32.1. The SMILES string of the molecule is c1cc(CN(Cc2cc(CN3CCCC3)cs2)C2CC2)cs1. The number of nitrogens with zero attached hydrogens (tertiary/aromatic N) is 2. The molecule has 4 heteroatoms. The first-order valence-corrected chi connectivity index (χ1v) is 10.2. The Hall–Kier alpha value is -0.680. The fraction of sp³-hybridized carbons (Fsp3) is 0.556. The first-order valence-electron chi connectivity index (χ1n) is 8.40. The fourth-order valence-corrected chi connectivity index (χ4v) is 4.93. The van der Waals surface area contributed by atoms with Gasteiger partial charge in [0.05, 0.1) is 0 Å². The summed E-state index contributed by atoms with van der Waals surface area (Å²) in [6, 6.07) is 5.54. The van der Waals surface area contributed by atoms with Crippen LogP contribution in [0, 0.1) is 0 Å². The molecule has 2 fully saturated rings. The Labute approximate surface area is 141 Å². The van der Waals surface area contributed by atoms with Gasteiger partial charge in [-0.25, -0.2) is 0 Å². The molecule has 0 spiro atoms. The van der Waals surface area contributed by atoms with Crippen LogP contribution in [0.4, 0.5) is 0 Å². The Morgan fingerprint density at radius 3 is 2.68 bits per heavy atom. The van der Waals surface area contributed by atoms with Gasteiger partial charge in [-0.2, -0.15) is 11.3 Å². The summed E-state index contributed by atoms with van der Waals surface area (Å²) in [7, 11) is 0. The standard InChI is InChI=1S/C18H24N2S2/c1-2-7-19(6-1)10-16-9-18(22-14-16)12-20(17-3-4-17)11-15-5-8-21-13-15/h5,8-9,13-14,17H,1-4,6-7,10-12H2. The van der Waals surface area contributed by atoms with Crippen LogP contribution in [0.3, 0.4) is 0 Å². The summed E-state index contributed by atoms with van der Waals surface area (Å²) in [4.78, 5) is 6.81. The lowest BCUT2D eigenvalue weighted by molar-refractivity contribution is 0.248. The lowest BCUT2D eigenvalue weighted by atomic mass is 10.2. The van der Waals surface area contributed by atoms with Crippen molar-refractivity contribution in [3.05, 3.63) is 44.3 Å². The van der Waals surface area contributed by atoms with Gasteiger partial charge < -0.3 is 0 Å². The van der Waals surface area contributed by atoms with E-state index in [1.54, 1.807) is 0 Å². The Morgan fingerprint density at radius 2 is 1.95 bits per heavy atom. The van der Waals surface area contributed by atoms with Crippen LogP contribution in [0.5, 0.6) is 0 Å². The summed E-state index contributed by atoms with van der Waals surface area (Å²) < 4.78 is 0. The summed E-state index contributed by atoms with van der Waals surface area (Å²) in [5.41, 5.74) is 3.00. The molecule has 0 bridgehead atoms. The summed E-state index contributed by atoms with van der Waals surface area (Å²) >= 11 is 3.77. The highest BCUT2D eigenvalue weighted by Crippen LogP contribution is 2.31. The van der Waals surface area contributed by atoms with E-state index < -0.39 is 0 Å². The molecule has 118 valence electrons. The zero-order valence-corrected chi connectivity index (χ0v) is 14.7. The number of rotatable bonds is 7. The van der Waals surface area contributed by atoms with E-state index in [0.29, 0.717) is 0 Å². The van der Waals surface area contributed by atoms with Gasteiger partial charge in [0.2, 0.25) is 0 Å². The van der Waals surface area contributed by atoms with Crippen molar-refractivity contribution in [2.24, 2.45) is 0 Å². The topological polar surface area (TPSA) is 6.48 Å². The second-order valence-corrected chi connectivity index (χ2v) is 8.45. The molecule has 4 rings (SSSR count). The van der Waals surface area contributed by atoms with E-state index in [9.17, 15) is 0 Å². The van der Waals surface area contributed by atoms with Crippen molar-refractivity contribution in [3.8, 4) is 0 Å². The lowest BCUT2D eigenvalue weighted by Gasteiger charge is -2.20. The van der Waals surface area contributed by atoms with Crippen LogP contribution < -0.4 is 0 Å². The highest BCUT2D eigenvalue weighted by molar-refractivity contribution is 7.10. The summed E-state index contributed by atoms with van der Waals surface area (Å²) in [5.74, 6) is 0.